The fourth-order valence-electron chi connectivity index (χ4n) is 1.41. The van der Waals surface area contributed by atoms with Crippen LogP contribution in [0.2, 0.25) is 5.02 Å². The lowest BCUT2D eigenvalue weighted by Gasteiger charge is -2.10. The molecule has 114 valence electrons. The molecule has 1 N–H and O–H groups in total. The van der Waals surface area contributed by atoms with E-state index in [1.165, 1.54) is 18.5 Å². The van der Waals surface area contributed by atoms with Crippen LogP contribution in [0.5, 0.6) is 0 Å². The minimum absolute atomic E-state index is 0.0189. The molecule has 0 fully saturated rings. The SMILES string of the molecule is CC(C)(C)c1nc(CNS(=O)(=O)c2cncc(Cl)c2)no1. The second-order valence-corrected chi connectivity index (χ2v) is 7.63. The van der Waals surface area contributed by atoms with Crippen molar-refractivity contribution in [3.8, 4) is 0 Å². The van der Waals surface area contributed by atoms with Crippen molar-refractivity contribution in [2.75, 3.05) is 0 Å². The third-order valence-electron chi connectivity index (χ3n) is 2.52. The number of hydrogen-bond acceptors (Lipinski definition) is 6. The number of halogens is 1. The normalized spacial score (nSPS) is 12.6. The summed E-state index contributed by atoms with van der Waals surface area (Å²) in [6.07, 6.45) is 2.57. The first-order valence-electron chi connectivity index (χ1n) is 6.12. The monoisotopic (exact) mass is 330 g/mol. The Balaban J connectivity index is 2.10. The van der Waals surface area contributed by atoms with Gasteiger partial charge in [0.1, 0.15) is 4.90 Å². The maximum Gasteiger partial charge on any atom is 0.242 e. The first kappa shape index (κ1) is 15.9. The van der Waals surface area contributed by atoms with E-state index in [1.807, 2.05) is 20.8 Å². The molecule has 2 aromatic rings. The van der Waals surface area contributed by atoms with E-state index < -0.39 is 10.0 Å². The molecule has 2 rings (SSSR count). The topological polar surface area (TPSA) is 98.0 Å². The van der Waals surface area contributed by atoms with Crippen LogP contribution in [0.15, 0.2) is 27.9 Å². The lowest BCUT2D eigenvalue weighted by Crippen LogP contribution is -2.24. The van der Waals surface area contributed by atoms with E-state index in [2.05, 4.69) is 19.8 Å². The Morgan fingerprint density at radius 2 is 2.05 bits per heavy atom. The van der Waals surface area contributed by atoms with E-state index in [1.54, 1.807) is 0 Å². The third-order valence-corrected chi connectivity index (χ3v) is 4.10. The fraction of sp³-hybridized carbons (Fsp3) is 0.417. The second kappa shape index (κ2) is 5.70. The summed E-state index contributed by atoms with van der Waals surface area (Å²) in [7, 11) is -3.73. The Bertz CT molecular complexity index is 737. The van der Waals surface area contributed by atoms with Crippen LogP contribution in [0.3, 0.4) is 0 Å². The molecule has 0 saturated heterocycles. The van der Waals surface area contributed by atoms with Gasteiger partial charge >= 0.3 is 0 Å². The highest BCUT2D eigenvalue weighted by atomic mass is 35.5. The van der Waals surface area contributed by atoms with Crippen molar-refractivity contribution >= 4 is 21.6 Å². The van der Waals surface area contributed by atoms with Crippen molar-refractivity contribution in [1.29, 1.82) is 0 Å². The summed E-state index contributed by atoms with van der Waals surface area (Å²) in [5.41, 5.74) is -0.291. The first-order chi connectivity index (χ1) is 9.68. The molecule has 0 aliphatic heterocycles. The van der Waals surface area contributed by atoms with Crippen molar-refractivity contribution in [3.63, 3.8) is 0 Å². The molecule has 2 aromatic heterocycles. The Hall–Kier alpha value is -1.51. The molecule has 0 radical (unpaired) electrons. The molecule has 0 unspecified atom stereocenters. The van der Waals surface area contributed by atoms with E-state index in [4.69, 9.17) is 16.1 Å². The van der Waals surface area contributed by atoms with Gasteiger partial charge < -0.3 is 4.52 Å². The van der Waals surface area contributed by atoms with Crippen LogP contribution >= 0.6 is 11.6 Å². The molecule has 0 amide bonds. The van der Waals surface area contributed by atoms with Crippen LogP contribution in [0, 0.1) is 0 Å². The maximum atomic E-state index is 12.1. The van der Waals surface area contributed by atoms with Crippen molar-refractivity contribution in [1.82, 2.24) is 19.8 Å². The molecule has 0 aromatic carbocycles. The Morgan fingerprint density at radius 3 is 2.62 bits per heavy atom. The summed E-state index contributed by atoms with van der Waals surface area (Å²) in [5, 5.41) is 3.99. The van der Waals surface area contributed by atoms with Gasteiger partial charge in [-0.3, -0.25) is 4.98 Å². The van der Waals surface area contributed by atoms with Gasteiger partial charge in [0.25, 0.3) is 0 Å². The highest BCUT2D eigenvalue weighted by molar-refractivity contribution is 7.89. The van der Waals surface area contributed by atoms with Crippen LogP contribution < -0.4 is 4.72 Å². The largest absolute Gasteiger partial charge is 0.339 e. The summed E-state index contributed by atoms with van der Waals surface area (Å²) in [6, 6.07) is 1.31. The zero-order valence-electron chi connectivity index (χ0n) is 11.8. The van der Waals surface area contributed by atoms with Crippen LogP contribution in [0.4, 0.5) is 0 Å². The quantitative estimate of drug-likeness (QED) is 0.919. The Kier molecular flexibility index (Phi) is 4.31. The van der Waals surface area contributed by atoms with E-state index in [-0.39, 0.29) is 27.7 Å². The van der Waals surface area contributed by atoms with Gasteiger partial charge in [-0.1, -0.05) is 37.5 Å². The molecule has 0 aliphatic rings. The highest BCUT2D eigenvalue weighted by Crippen LogP contribution is 2.19. The van der Waals surface area contributed by atoms with E-state index in [9.17, 15) is 8.42 Å². The molecular formula is C12H15ClN4O3S. The minimum Gasteiger partial charge on any atom is -0.339 e. The van der Waals surface area contributed by atoms with E-state index in [0.717, 1.165) is 0 Å². The van der Waals surface area contributed by atoms with E-state index in [0.29, 0.717) is 5.89 Å². The second-order valence-electron chi connectivity index (χ2n) is 5.43. The van der Waals surface area contributed by atoms with Crippen molar-refractivity contribution in [2.24, 2.45) is 0 Å². The molecule has 0 saturated carbocycles. The summed E-state index contributed by atoms with van der Waals surface area (Å²) >= 11 is 5.73. The number of pyridine rings is 1. The molecule has 2 heterocycles. The predicted octanol–water partition coefficient (Wildman–Crippen LogP) is 1.89. The maximum absolute atomic E-state index is 12.1. The van der Waals surface area contributed by atoms with Crippen molar-refractivity contribution < 1.29 is 12.9 Å². The molecular weight excluding hydrogens is 316 g/mol. The molecule has 7 nitrogen and oxygen atoms in total. The van der Waals surface area contributed by atoms with Crippen molar-refractivity contribution in [2.45, 2.75) is 37.6 Å². The fourth-order valence-corrected chi connectivity index (χ4v) is 2.62. The van der Waals surface area contributed by atoms with Gasteiger partial charge in [-0.15, -0.1) is 0 Å². The zero-order valence-corrected chi connectivity index (χ0v) is 13.4. The first-order valence-corrected chi connectivity index (χ1v) is 7.98. The number of sulfonamides is 1. The van der Waals surface area contributed by atoms with Gasteiger partial charge in [0, 0.05) is 17.8 Å². The van der Waals surface area contributed by atoms with Gasteiger partial charge in [0.05, 0.1) is 11.6 Å². The molecule has 0 bridgehead atoms. The number of nitrogens with one attached hydrogen (secondary N) is 1. The average Bonchev–Trinajstić information content (AvgIpc) is 2.85. The summed E-state index contributed by atoms with van der Waals surface area (Å²) in [4.78, 5) is 7.87. The van der Waals surface area contributed by atoms with Crippen molar-refractivity contribution in [3.05, 3.63) is 35.2 Å². The minimum atomic E-state index is -3.73. The van der Waals surface area contributed by atoms with Crippen LogP contribution in [0.25, 0.3) is 0 Å². The molecule has 0 atom stereocenters. The van der Waals surface area contributed by atoms with Gasteiger partial charge in [0.15, 0.2) is 5.82 Å². The van der Waals surface area contributed by atoms with Crippen LogP contribution in [-0.4, -0.2) is 23.5 Å². The van der Waals surface area contributed by atoms with Crippen LogP contribution in [-0.2, 0) is 22.0 Å². The van der Waals surface area contributed by atoms with Crippen LogP contribution in [0.1, 0.15) is 32.5 Å². The summed E-state index contributed by atoms with van der Waals surface area (Å²) < 4.78 is 31.6. The summed E-state index contributed by atoms with van der Waals surface area (Å²) in [6.45, 7) is 5.69. The molecule has 0 aliphatic carbocycles. The molecule has 21 heavy (non-hydrogen) atoms. The lowest BCUT2D eigenvalue weighted by atomic mass is 9.97. The van der Waals surface area contributed by atoms with Gasteiger partial charge in [-0.2, -0.15) is 4.98 Å². The Morgan fingerprint density at radius 1 is 1.33 bits per heavy atom. The third kappa shape index (κ3) is 3.99. The van der Waals surface area contributed by atoms with Gasteiger partial charge in [-0.25, -0.2) is 13.1 Å². The zero-order chi connectivity index (χ0) is 15.7. The standard InChI is InChI=1S/C12H15ClN4O3S/c1-12(2,3)11-16-10(17-20-11)7-15-21(18,19)9-4-8(13)5-14-6-9/h4-6,15H,7H2,1-3H3. The predicted molar refractivity (Wildman–Crippen MR) is 76.3 cm³/mol. The lowest BCUT2D eigenvalue weighted by molar-refractivity contribution is 0.318. The number of aromatic nitrogens is 3. The molecule has 9 heteroatoms. The number of rotatable bonds is 4. The number of nitrogens with zero attached hydrogens (tertiary/aromatic N) is 3. The summed E-state index contributed by atoms with van der Waals surface area (Å²) in [5.74, 6) is 0.708. The molecule has 0 spiro atoms. The highest BCUT2D eigenvalue weighted by Gasteiger charge is 2.22. The average molecular weight is 331 g/mol. The Labute approximate surface area is 127 Å². The van der Waals surface area contributed by atoms with Gasteiger partial charge in [-0.05, 0) is 6.07 Å². The van der Waals surface area contributed by atoms with E-state index >= 15 is 0 Å². The van der Waals surface area contributed by atoms with Gasteiger partial charge in [0.2, 0.25) is 15.9 Å². The smallest absolute Gasteiger partial charge is 0.242 e. The number of hydrogen-bond donors (Lipinski definition) is 1.